The molecule has 2 aliphatic heterocycles. The molecule has 4 heterocycles. The van der Waals surface area contributed by atoms with Gasteiger partial charge in [-0.3, -0.25) is 19.8 Å². The minimum atomic E-state index is -0.132. The first-order valence-electron chi connectivity index (χ1n) is 9.14. The van der Waals surface area contributed by atoms with Gasteiger partial charge >= 0.3 is 0 Å². The molecule has 0 saturated carbocycles. The summed E-state index contributed by atoms with van der Waals surface area (Å²) in [4.78, 5) is 24.2. The average molecular weight is 346 g/mol. The first-order chi connectivity index (χ1) is 12.1. The number of hydrogen-bond acceptors (Lipinski definition) is 6. The third-order valence-electron chi connectivity index (χ3n) is 5.23. The fourth-order valence-corrected chi connectivity index (χ4v) is 4.11. The van der Waals surface area contributed by atoms with Crippen molar-refractivity contribution in [3.05, 3.63) is 16.6 Å². The second kappa shape index (κ2) is 6.76. The van der Waals surface area contributed by atoms with Crippen LogP contribution < -0.4 is 10.5 Å². The predicted molar refractivity (Wildman–Crippen MR) is 95.9 cm³/mol. The number of nitrogens with zero attached hydrogens (tertiary/aromatic N) is 4. The van der Waals surface area contributed by atoms with Gasteiger partial charge in [-0.2, -0.15) is 10.1 Å². The minimum absolute atomic E-state index is 0.132. The van der Waals surface area contributed by atoms with E-state index in [-0.39, 0.29) is 5.56 Å². The molecular weight excluding hydrogens is 320 g/mol. The standard InChI is InChI=1S/C17H26N6O2/c1-11-8-22(9-12(2)25-11)10-13-3-5-23(6-4-13)17-19-15-14(7-18-21-15)16(24)20-17/h7,11-13H,3-6,8-10H2,1-2H3,(H2,18,19,20,21,24)/t11-,12-/m0/s1. The molecule has 0 radical (unpaired) electrons. The molecule has 0 aromatic carbocycles. The smallest absolute Gasteiger partial charge is 0.263 e. The van der Waals surface area contributed by atoms with Crippen molar-refractivity contribution in [1.29, 1.82) is 0 Å². The van der Waals surface area contributed by atoms with E-state index in [1.807, 2.05) is 0 Å². The Balaban J connectivity index is 1.37. The molecule has 136 valence electrons. The number of piperidine rings is 1. The van der Waals surface area contributed by atoms with Gasteiger partial charge in [0, 0.05) is 32.7 Å². The molecule has 25 heavy (non-hydrogen) atoms. The minimum Gasteiger partial charge on any atom is -0.373 e. The summed E-state index contributed by atoms with van der Waals surface area (Å²) >= 11 is 0. The van der Waals surface area contributed by atoms with E-state index >= 15 is 0 Å². The van der Waals surface area contributed by atoms with Crippen LogP contribution in [-0.4, -0.2) is 70.0 Å². The van der Waals surface area contributed by atoms with Crippen LogP contribution in [0.25, 0.3) is 11.0 Å². The summed E-state index contributed by atoms with van der Waals surface area (Å²) in [6, 6.07) is 0. The number of hydrogen-bond donors (Lipinski definition) is 2. The van der Waals surface area contributed by atoms with Crippen LogP contribution in [0.1, 0.15) is 26.7 Å². The fraction of sp³-hybridized carbons (Fsp3) is 0.706. The van der Waals surface area contributed by atoms with E-state index in [1.54, 1.807) is 0 Å². The molecule has 8 heteroatoms. The molecule has 0 amide bonds. The van der Waals surface area contributed by atoms with Crippen molar-refractivity contribution in [2.45, 2.75) is 38.9 Å². The maximum Gasteiger partial charge on any atom is 0.263 e. The van der Waals surface area contributed by atoms with E-state index in [1.165, 1.54) is 6.20 Å². The van der Waals surface area contributed by atoms with Crippen molar-refractivity contribution < 1.29 is 4.74 Å². The Kier molecular flexibility index (Phi) is 4.47. The molecule has 2 saturated heterocycles. The van der Waals surface area contributed by atoms with Gasteiger partial charge in [-0.25, -0.2) is 0 Å². The molecule has 2 fully saturated rings. The van der Waals surface area contributed by atoms with E-state index in [0.717, 1.165) is 45.6 Å². The highest BCUT2D eigenvalue weighted by atomic mass is 16.5. The van der Waals surface area contributed by atoms with Crippen LogP contribution >= 0.6 is 0 Å². The van der Waals surface area contributed by atoms with Crippen LogP contribution in [0.4, 0.5) is 5.95 Å². The lowest BCUT2D eigenvalue weighted by atomic mass is 9.96. The number of nitrogens with one attached hydrogen (secondary N) is 2. The van der Waals surface area contributed by atoms with Gasteiger partial charge < -0.3 is 9.64 Å². The number of aromatic amines is 2. The van der Waals surface area contributed by atoms with Gasteiger partial charge in [0.1, 0.15) is 5.39 Å². The highest BCUT2D eigenvalue weighted by molar-refractivity contribution is 5.73. The zero-order valence-electron chi connectivity index (χ0n) is 14.9. The van der Waals surface area contributed by atoms with Crippen LogP contribution in [0.5, 0.6) is 0 Å². The third-order valence-corrected chi connectivity index (χ3v) is 5.23. The van der Waals surface area contributed by atoms with Crippen LogP contribution in [0, 0.1) is 5.92 Å². The monoisotopic (exact) mass is 346 g/mol. The fourth-order valence-electron chi connectivity index (χ4n) is 4.11. The first-order valence-corrected chi connectivity index (χ1v) is 9.14. The second-order valence-electron chi connectivity index (χ2n) is 7.43. The molecule has 0 bridgehead atoms. The van der Waals surface area contributed by atoms with E-state index in [9.17, 15) is 4.79 Å². The number of fused-ring (bicyclic) bond motifs is 1. The van der Waals surface area contributed by atoms with Crippen LogP contribution in [0.15, 0.2) is 11.0 Å². The molecule has 2 aromatic heterocycles. The van der Waals surface area contributed by atoms with Gasteiger partial charge in [-0.15, -0.1) is 0 Å². The number of rotatable bonds is 3. The van der Waals surface area contributed by atoms with Gasteiger partial charge in [0.05, 0.1) is 18.4 Å². The number of anilines is 1. The zero-order chi connectivity index (χ0) is 17.4. The van der Waals surface area contributed by atoms with Gasteiger partial charge in [0.15, 0.2) is 5.65 Å². The quantitative estimate of drug-likeness (QED) is 0.861. The maximum absolute atomic E-state index is 12.1. The Hall–Kier alpha value is -1.93. The highest BCUT2D eigenvalue weighted by Gasteiger charge is 2.27. The van der Waals surface area contributed by atoms with Crippen LogP contribution in [0.3, 0.4) is 0 Å². The molecule has 0 unspecified atom stereocenters. The Morgan fingerprint density at radius 1 is 1.24 bits per heavy atom. The largest absolute Gasteiger partial charge is 0.373 e. The molecule has 2 aromatic rings. The van der Waals surface area contributed by atoms with Crippen molar-refractivity contribution in [3.63, 3.8) is 0 Å². The van der Waals surface area contributed by atoms with Gasteiger partial charge in [0.25, 0.3) is 5.56 Å². The number of H-pyrrole nitrogens is 2. The third kappa shape index (κ3) is 3.55. The van der Waals surface area contributed by atoms with Gasteiger partial charge in [-0.1, -0.05) is 0 Å². The van der Waals surface area contributed by atoms with E-state index < -0.39 is 0 Å². The summed E-state index contributed by atoms with van der Waals surface area (Å²) in [5.41, 5.74) is 0.421. The van der Waals surface area contributed by atoms with Crippen LogP contribution in [-0.2, 0) is 4.74 Å². The summed E-state index contributed by atoms with van der Waals surface area (Å²) in [6.07, 6.45) is 4.38. The molecule has 2 atom stereocenters. The maximum atomic E-state index is 12.1. The Morgan fingerprint density at radius 3 is 2.68 bits per heavy atom. The molecule has 0 spiro atoms. The molecule has 2 aliphatic rings. The van der Waals surface area contributed by atoms with Crippen molar-refractivity contribution >= 4 is 17.0 Å². The van der Waals surface area contributed by atoms with Crippen molar-refractivity contribution in [2.24, 2.45) is 5.92 Å². The first kappa shape index (κ1) is 16.5. The molecule has 8 nitrogen and oxygen atoms in total. The molecule has 0 aliphatic carbocycles. The Morgan fingerprint density at radius 2 is 1.96 bits per heavy atom. The lowest BCUT2D eigenvalue weighted by molar-refractivity contribution is -0.0720. The highest BCUT2D eigenvalue weighted by Crippen LogP contribution is 2.23. The number of aromatic nitrogens is 4. The topological polar surface area (TPSA) is 90.1 Å². The van der Waals surface area contributed by atoms with Gasteiger partial charge in [-0.05, 0) is 32.6 Å². The van der Waals surface area contributed by atoms with Crippen molar-refractivity contribution in [2.75, 3.05) is 37.6 Å². The van der Waals surface area contributed by atoms with Crippen molar-refractivity contribution in [3.8, 4) is 0 Å². The Bertz CT molecular complexity index is 769. The zero-order valence-corrected chi connectivity index (χ0v) is 14.9. The van der Waals surface area contributed by atoms with E-state index in [0.29, 0.717) is 35.1 Å². The second-order valence-corrected chi connectivity index (χ2v) is 7.43. The Labute approximate surface area is 146 Å². The average Bonchev–Trinajstić information content (AvgIpc) is 3.04. The summed E-state index contributed by atoms with van der Waals surface area (Å²) in [5.74, 6) is 1.34. The predicted octanol–water partition coefficient (Wildman–Crippen LogP) is 0.972. The molecular formula is C17H26N6O2. The lowest BCUT2D eigenvalue weighted by Gasteiger charge is -2.39. The van der Waals surface area contributed by atoms with E-state index in [4.69, 9.17) is 4.74 Å². The van der Waals surface area contributed by atoms with Crippen molar-refractivity contribution in [1.82, 2.24) is 25.1 Å². The summed E-state index contributed by atoms with van der Waals surface area (Å²) in [5, 5.41) is 7.19. The van der Waals surface area contributed by atoms with Crippen LogP contribution in [0.2, 0.25) is 0 Å². The SMILES string of the molecule is C[C@H]1CN(CC2CCN(c3nc4[nH]ncc4c(=O)[nH]3)CC2)C[C@H](C)O1. The normalized spacial score (nSPS) is 26.4. The summed E-state index contributed by atoms with van der Waals surface area (Å²) < 4.78 is 5.82. The summed E-state index contributed by atoms with van der Waals surface area (Å²) in [6.45, 7) is 9.32. The molecule has 2 N–H and O–H groups in total. The summed E-state index contributed by atoms with van der Waals surface area (Å²) in [7, 11) is 0. The number of ether oxygens (including phenoxy) is 1. The lowest BCUT2D eigenvalue weighted by Crippen LogP contribution is -2.48. The molecule has 4 rings (SSSR count). The van der Waals surface area contributed by atoms with E-state index in [2.05, 4.69) is 43.8 Å². The van der Waals surface area contributed by atoms with Gasteiger partial charge in [0.2, 0.25) is 5.95 Å². The number of morpholine rings is 1.